The van der Waals surface area contributed by atoms with Crippen molar-refractivity contribution in [3.05, 3.63) is 64.9 Å². The van der Waals surface area contributed by atoms with Crippen molar-refractivity contribution in [2.24, 2.45) is 5.16 Å². The molecule has 16 heavy (non-hydrogen) atoms. The first-order valence-electron chi connectivity index (χ1n) is 4.70. The highest BCUT2D eigenvalue weighted by Gasteiger charge is 2.07. The summed E-state index contributed by atoms with van der Waals surface area (Å²) in [5, 5.41) is 12.9. The molecule has 0 spiro atoms. The summed E-state index contributed by atoms with van der Waals surface area (Å²) >= 11 is 5.79. The van der Waals surface area contributed by atoms with Crippen molar-refractivity contribution >= 4 is 17.3 Å². The van der Waals surface area contributed by atoms with E-state index in [1.165, 1.54) is 0 Å². The number of hydrogen-bond donors (Lipinski definition) is 1. The maximum absolute atomic E-state index is 9.02. The monoisotopic (exact) mass is 232 g/mol. The van der Waals surface area contributed by atoms with Gasteiger partial charge in [0.2, 0.25) is 0 Å². The molecule has 2 rings (SSSR count). The van der Waals surface area contributed by atoms with E-state index < -0.39 is 0 Å². The van der Waals surface area contributed by atoms with Gasteiger partial charge in [-0.1, -0.05) is 35.0 Å². The number of rotatable bonds is 2. The van der Waals surface area contributed by atoms with E-state index in [0.717, 1.165) is 5.56 Å². The van der Waals surface area contributed by atoms with Gasteiger partial charge in [-0.05, 0) is 24.3 Å². The summed E-state index contributed by atoms with van der Waals surface area (Å²) in [5.74, 6) is 0. The Morgan fingerprint density at radius 1 is 1.12 bits per heavy atom. The lowest BCUT2D eigenvalue weighted by Crippen LogP contribution is -2.05. The SMILES string of the molecule is O/N=C(\c1ccc(Cl)cc1)c1ccccn1. The van der Waals surface area contributed by atoms with Crippen LogP contribution in [0.5, 0.6) is 0 Å². The molecule has 0 amide bonds. The molecule has 1 N–H and O–H groups in total. The Kier molecular flexibility index (Phi) is 3.17. The lowest BCUT2D eigenvalue weighted by atomic mass is 10.1. The van der Waals surface area contributed by atoms with Crippen molar-refractivity contribution in [2.75, 3.05) is 0 Å². The van der Waals surface area contributed by atoms with Crippen molar-refractivity contribution in [1.29, 1.82) is 0 Å². The second kappa shape index (κ2) is 4.77. The van der Waals surface area contributed by atoms with Crippen LogP contribution in [0.15, 0.2) is 53.8 Å². The highest BCUT2D eigenvalue weighted by Crippen LogP contribution is 2.13. The molecule has 1 aromatic carbocycles. The van der Waals surface area contributed by atoms with Crippen molar-refractivity contribution in [1.82, 2.24) is 4.98 Å². The Morgan fingerprint density at radius 3 is 2.44 bits per heavy atom. The topological polar surface area (TPSA) is 45.5 Å². The van der Waals surface area contributed by atoms with Crippen LogP contribution in [0.4, 0.5) is 0 Å². The van der Waals surface area contributed by atoms with Crippen LogP contribution in [0.2, 0.25) is 5.02 Å². The fraction of sp³-hybridized carbons (Fsp3) is 0. The summed E-state index contributed by atoms with van der Waals surface area (Å²) in [5.41, 5.74) is 1.81. The maximum Gasteiger partial charge on any atom is 0.135 e. The molecule has 3 nitrogen and oxygen atoms in total. The molecule has 0 bridgehead atoms. The summed E-state index contributed by atoms with van der Waals surface area (Å²) in [7, 11) is 0. The van der Waals surface area contributed by atoms with E-state index in [1.54, 1.807) is 42.6 Å². The van der Waals surface area contributed by atoms with Gasteiger partial charge < -0.3 is 5.21 Å². The minimum absolute atomic E-state index is 0.428. The first-order valence-corrected chi connectivity index (χ1v) is 5.08. The van der Waals surface area contributed by atoms with Gasteiger partial charge in [-0.2, -0.15) is 0 Å². The van der Waals surface area contributed by atoms with Gasteiger partial charge in [0.25, 0.3) is 0 Å². The molecule has 0 saturated carbocycles. The normalized spacial score (nSPS) is 11.4. The molecule has 0 atom stereocenters. The zero-order valence-electron chi connectivity index (χ0n) is 8.34. The quantitative estimate of drug-likeness (QED) is 0.492. The van der Waals surface area contributed by atoms with Crippen LogP contribution in [0.25, 0.3) is 0 Å². The third kappa shape index (κ3) is 2.20. The summed E-state index contributed by atoms with van der Waals surface area (Å²) in [4.78, 5) is 4.12. The van der Waals surface area contributed by atoms with Gasteiger partial charge in [-0.15, -0.1) is 0 Å². The van der Waals surface area contributed by atoms with Gasteiger partial charge in [0.05, 0.1) is 5.69 Å². The van der Waals surface area contributed by atoms with Gasteiger partial charge in [0, 0.05) is 16.8 Å². The predicted molar refractivity (Wildman–Crippen MR) is 63.1 cm³/mol. The maximum atomic E-state index is 9.02. The van der Waals surface area contributed by atoms with E-state index in [1.807, 2.05) is 6.07 Å². The smallest absolute Gasteiger partial charge is 0.135 e. The van der Waals surface area contributed by atoms with Crippen LogP contribution in [-0.2, 0) is 0 Å². The second-order valence-electron chi connectivity index (χ2n) is 3.17. The molecular weight excluding hydrogens is 224 g/mol. The van der Waals surface area contributed by atoms with E-state index in [4.69, 9.17) is 16.8 Å². The molecule has 0 saturated heterocycles. The Balaban J connectivity index is 2.42. The fourth-order valence-electron chi connectivity index (χ4n) is 1.37. The molecule has 0 radical (unpaired) electrons. The summed E-state index contributed by atoms with van der Waals surface area (Å²) in [6, 6.07) is 12.5. The van der Waals surface area contributed by atoms with Crippen molar-refractivity contribution in [3.8, 4) is 0 Å². The van der Waals surface area contributed by atoms with Crippen LogP contribution in [-0.4, -0.2) is 15.9 Å². The largest absolute Gasteiger partial charge is 0.410 e. The molecule has 2 aromatic rings. The fourth-order valence-corrected chi connectivity index (χ4v) is 1.49. The van der Waals surface area contributed by atoms with Gasteiger partial charge in [-0.3, -0.25) is 4.98 Å². The molecule has 0 aliphatic heterocycles. The molecule has 80 valence electrons. The van der Waals surface area contributed by atoms with E-state index in [2.05, 4.69) is 10.1 Å². The Labute approximate surface area is 98.0 Å². The van der Waals surface area contributed by atoms with Crippen molar-refractivity contribution in [3.63, 3.8) is 0 Å². The Morgan fingerprint density at radius 2 is 1.88 bits per heavy atom. The zero-order valence-corrected chi connectivity index (χ0v) is 9.09. The molecule has 0 unspecified atom stereocenters. The number of nitrogens with zero attached hydrogens (tertiary/aromatic N) is 2. The summed E-state index contributed by atoms with van der Waals surface area (Å²) < 4.78 is 0. The van der Waals surface area contributed by atoms with Crippen LogP contribution in [0.1, 0.15) is 11.3 Å². The minimum Gasteiger partial charge on any atom is -0.410 e. The summed E-state index contributed by atoms with van der Waals surface area (Å²) in [6.45, 7) is 0. The number of halogens is 1. The van der Waals surface area contributed by atoms with Crippen molar-refractivity contribution < 1.29 is 5.21 Å². The average Bonchev–Trinajstić information content (AvgIpc) is 2.34. The van der Waals surface area contributed by atoms with Crippen molar-refractivity contribution in [2.45, 2.75) is 0 Å². The van der Waals surface area contributed by atoms with Crippen LogP contribution >= 0.6 is 11.6 Å². The third-order valence-corrected chi connectivity index (χ3v) is 2.38. The van der Waals surface area contributed by atoms with Crippen LogP contribution in [0.3, 0.4) is 0 Å². The standard InChI is InChI=1S/C12H9ClN2O/c13-10-6-4-9(5-7-10)12(15-16)11-3-1-2-8-14-11/h1-8,16H/b15-12+. The summed E-state index contributed by atoms with van der Waals surface area (Å²) in [6.07, 6.45) is 1.65. The van der Waals surface area contributed by atoms with Gasteiger partial charge in [0.1, 0.15) is 5.71 Å². The zero-order chi connectivity index (χ0) is 11.4. The molecule has 0 aliphatic carbocycles. The predicted octanol–water partition coefficient (Wildman–Crippen LogP) is 2.96. The Hall–Kier alpha value is -1.87. The second-order valence-corrected chi connectivity index (χ2v) is 3.61. The van der Waals surface area contributed by atoms with E-state index >= 15 is 0 Å². The van der Waals surface area contributed by atoms with Crippen LogP contribution in [0, 0.1) is 0 Å². The molecule has 0 fully saturated rings. The van der Waals surface area contributed by atoms with Crippen LogP contribution < -0.4 is 0 Å². The molecule has 1 aromatic heterocycles. The number of benzene rings is 1. The van der Waals surface area contributed by atoms with Gasteiger partial charge in [-0.25, -0.2) is 0 Å². The number of oxime groups is 1. The molecule has 1 heterocycles. The molecular formula is C12H9ClN2O. The van der Waals surface area contributed by atoms with Gasteiger partial charge in [0.15, 0.2) is 0 Å². The van der Waals surface area contributed by atoms with E-state index in [9.17, 15) is 0 Å². The van der Waals surface area contributed by atoms with E-state index in [-0.39, 0.29) is 0 Å². The highest BCUT2D eigenvalue weighted by atomic mass is 35.5. The Bertz CT molecular complexity index is 494. The molecule has 4 heteroatoms. The lowest BCUT2D eigenvalue weighted by Gasteiger charge is -2.03. The lowest BCUT2D eigenvalue weighted by molar-refractivity contribution is 0.319. The first kappa shape index (κ1) is 10.6. The number of pyridine rings is 1. The first-order chi connectivity index (χ1) is 7.81. The highest BCUT2D eigenvalue weighted by molar-refractivity contribution is 6.30. The average molecular weight is 233 g/mol. The third-order valence-electron chi connectivity index (χ3n) is 2.13. The van der Waals surface area contributed by atoms with Gasteiger partial charge >= 0.3 is 0 Å². The number of hydrogen-bond acceptors (Lipinski definition) is 3. The molecule has 0 aliphatic rings. The van der Waals surface area contributed by atoms with E-state index in [0.29, 0.717) is 16.4 Å². The number of aromatic nitrogens is 1. The minimum atomic E-state index is 0.428.